The zero-order chi connectivity index (χ0) is 14.5. The Labute approximate surface area is 126 Å². The topological polar surface area (TPSA) is 105 Å². The van der Waals surface area contributed by atoms with Crippen molar-refractivity contribution < 1.29 is 14.7 Å². The van der Waals surface area contributed by atoms with Crippen LogP contribution in [0.5, 0.6) is 0 Å². The first kappa shape index (κ1) is 14.9. The van der Waals surface area contributed by atoms with Crippen molar-refractivity contribution in [3.8, 4) is 0 Å². The third kappa shape index (κ3) is 4.54. The van der Waals surface area contributed by atoms with E-state index in [1.54, 1.807) is 0 Å². The van der Waals surface area contributed by atoms with Crippen molar-refractivity contribution in [2.45, 2.75) is 17.7 Å². The Morgan fingerprint density at radius 1 is 1.45 bits per heavy atom. The molecule has 1 amide bonds. The third-order valence-corrected chi connectivity index (χ3v) is 4.76. The summed E-state index contributed by atoms with van der Waals surface area (Å²) in [5.41, 5.74) is 0.718. The quantitative estimate of drug-likeness (QED) is 0.613. The van der Waals surface area contributed by atoms with Gasteiger partial charge in [0.15, 0.2) is 4.34 Å². The monoisotopic (exact) mass is 330 g/mol. The van der Waals surface area contributed by atoms with Crippen LogP contribution in [0.4, 0.5) is 5.13 Å². The number of nitrogens with zero attached hydrogens (tertiary/aromatic N) is 3. The number of rotatable bonds is 6. The molecule has 0 fully saturated rings. The average Bonchev–Trinajstić information content (AvgIpc) is 2.96. The molecule has 20 heavy (non-hydrogen) atoms. The third-order valence-electron chi connectivity index (χ3n) is 1.98. The Hall–Kier alpha value is -1.52. The zero-order valence-corrected chi connectivity index (χ0v) is 12.8. The predicted octanol–water partition coefficient (Wildman–Crippen LogP) is 1.66. The fourth-order valence-electron chi connectivity index (χ4n) is 1.26. The van der Waals surface area contributed by atoms with E-state index in [4.69, 9.17) is 5.11 Å². The first-order valence-electron chi connectivity index (χ1n) is 5.42. The first-order valence-corrected chi connectivity index (χ1v) is 8.10. The zero-order valence-electron chi connectivity index (χ0n) is 10.3. The number of hydrogen-bond acceptors (Lipinski definition) is 8. The van der Waals surface area contributed by atoms with Gasteiger partial charge >= 0.3 is 5.97 Å². The molecule has 0 unspecified atom stereocenters. The molecule has 106 valence electrons. The van der Waals surface area contributed by atoms with E-state index >= 15 is 0 Å². The number of carbonyl (C=O) groups excluding carboxylic acids is 1. The highest BCUT2D eigenvalue weighted by Crippen LogP contribution is 2.25. The number of thioether (sulfide) groups is 1. The highest BCUT2D eigenvalue weighted by molar-refractivity contribution is 8.01. The minimum Gasteiger partial charge on any atom is -0.481 e. The number of carboxylic acid groups (broad SMARTS) is 1. The van der Waals surface area contributed by atoms with E-state index < -0.39 is 5.97 Å². The van der Waals surface area contributed by atoms with Crippen molar-refractivity contribution in [2.75, 3.05) is 11.1 Å². The molecule has 0 aromatic carbocycles. The standard InChI is InChI=1S/C10H10N4O3S3/c1-5-11-6(3-18-5)2-7(15)12-9-13-14-10(20-9)19-4-8(16)17/h3H,2,4H2,1H3,(H,16,17)(H,12,13,15). The van der Waals surface area contributed by atoms with E-state index in [0.717, 1.165) is 33.8 Å². The molecule has 2 aromatic rings. The van der Waals surface area contributed by atoms with Gasteiger partial charge in [-0.05, 0) is 6.92 Å². The highest BCUT2D eigenvalue weighted by atomic mass is 32.2. The molecule has 0 bridgehead atoms. The van der Waals surface area contributed by atoms with Crippen LogP contribution in [0.2, 0.25) is 0 Å². The normalized spacial score (nSPS) is 10.4. The number of nitrogens with one attached hydrogen (secondary N) is 1. The van der Waals surface area contributed by atoms with Crippen LogP contribution >= 0.6 is 34.4 Å². The molecule has 0 radical (unpaired) electrons. The summed E-state index contributed by atoms with van der Waals surface area (Å²) >= 11 is 3.70. The van der Waals surface area contributed by atoms with E-state index in [0.29, 0.717) is 9.47 Å². The summed E-state index contributed by atoms with van der Waals surface area (Å²) in [6, 6.07) is 0. The van der Waals surface area contributed by atoms with Crippen LogP contribution in [0.15, 0.2) is 9.72 Å². The second-order valence-electron chi connectivity index (χ2n) is 3.64. The second kappa shape index (κ2) is 6.77. The second-order valence-corrected chi connectivity index (χ2v) is 6.90. The maximum absolute atomic E-state index is 11.8. The molecular formula is C10H10N4O3S3. The van der Waals surface area contributed by atoms with Crippen LogP contribution in [-0.4, -0.2) is 37.9 Å². The van der Waals surface area contributed by atoms with Gasteiger partial charge < -0.3 is 10.4 Å². The Kier molecular flexibility index (Phi) is 5.04. The van der Waals surface area contributed by atoms with Crippen LogP contribution < -0.4 is 5.32 Å². The molecular weight excluding hydrogens is 320 g/mol. The van der Waals surface area contributed by atoms with Gasteiger partial charge in [0.2, 0.25) is 11.0 Å². The molecule has 2 aromatic heterocycles. The number of aromatic nitrogens is 3. The summed E-state index contributed by atoms with van der Waals surface area (Å²) in [5.74, 6) is -1.23. The van der Waals surface area contributed by atoms with Crippen LogP contribution in [0.3, 0.4) is 0 Å². The van der Waals surface area contributed by atoms with Crippen LogP contribution in [-0.2, 0) is 16.0 Å². The van der Waals surface area contributed by atoms with Crippen molar-refractivity contribution in [3.63, 3.8) is 0 Å². The molecule has 0 saturated carbocycles. The van der Waals surface area contributed by atoms with E-state index in [2.05, 4.69) is 20.5 Å². The lowest BCUT2D eigenvalue weighted by molar-refractivity contribution is -0.133. The van der Waals surface area contributed by atoms with Gasteiger partial charge in [0.25, 0.3) is 0 Å². The van der Waals surface area contributed by atoms with E-state index in [1.807, 2.05) is 12.3 Å². The number of aliphatic carboxylic acids is 1. The van der Waals surface area contributed by atoms with Crippen LogP contribution in [0.1, 0.15) is 10.7 Å². The van der Waals surface area contributed by atoms with E-state index in [-0.39, 0.29) is 18.1 Å². The maximum atomic E-state index is 11.8. The summed E-state index contributed by atoms with van der Waals surface area (Å²) in [4.78, 5) is 26.4. The number of carbonyl (C=O) groups is 2. The maximum Gasteiger partial charge on any atom is 0.313 e. The van der Waals surface area contributed by atoms with Crippen molar-refractivity contribution in [3.05, 3.63) is 16.1 Å². The molecule has 10 heteroatoms. The SMILES string of the molecule is Cc1nc(CC(=O)Nc2nnc(SCC(=O)O)s2)cs1. The molecule has 7 nitrogen and oxygen atoms in total. The van der Waals surface area contributed by atoms with Crippen LogP contribution in [0.25, 0.3) is 0 Å². The lowest BCUT2D eigenvalue weighted by atomic mass is 10.3. The number of carboxylic acids is 1. The van der Waals surface area contributed by atoms with Crippen molar-refractivity contribution in [2.24, 2.45) is 0 Å². The van der Waals surface area contributed by atoms with Crippen LogP contribution in [0, 0.1) is 6.92 Å². The highest BCUT2D eigenvalue weighted by Gasteiger charge is 2.11. The van der Waals surface area contributed by atoms with Gasteiger partial charge in [-0.25, -0.2) is 4.98 Å². The largest absolute Gasteiger partial charge is 0.481 e. The number of aryl methyl sites for hydroxylation is 1. The molecule has 0 aliphatic heterocycles. The fourth-order valence-corrected chi connectivity index (χ4v) is 3.36. The lowest BCUT2D eigenvalue weighted by Gasteiger charge is -1.97. The first-order chi connectivity index (χ1) is 9.52. The molecule has 0 saturated heterocycles. The van der Waals surface area contributed by atoms with Gasteiger partial charge in [-0.2, -0.15) is 0 Å². The molecule has 0 atom stereocenters. The van der Waals surface area contributed by atoms with Gasteiger partial charge in [-0.1, -0.05) is 23.1 Å². The minimum absolute atomic E-state index is 0.0827. The molecule has 2 N–H and O–H groups in total. The Balaban J connectivity index is 1.86. The number of hydrogen-bond donors (Lipinski definition) is 2. The summed E-state index contributed by atoms with van der Waals surface area (Å²) in [7, 11) is 0. The summed E-state index contributed by atoms with van der Waals surface area (Å²) in [6.45, 7) is 1.88. The summed E-state index contributed by atoms with van der Waals surface area (Å²) in [5, 5.41) is 21.9. The van der Waals surface area contributed by atoms with Crippen molar-refractivity contribution in [1.29, 1.82) is 0 Å². The van der Waals surface area contributed by atoms with Gasteiger partial charge in [0.1, 0.15) is 0 Å². The molecule has 2 heterocycles. The van der Waals surface area contributed by atoms with Gasteiger partial charge in [0.05, 0.1) is 22.9 Å². The number of amides is 1. The Morgan fingerprint density at radius 3 is 2.90 bits per heavy atom. The van der Waals surface area contributed by atoms with Crippen molar-refractivity contribution >= 4 is 51.4 Å². The van der Waals surface area contributed by atoms with Crippen molar-refractivity contribution in [1.82, 2.24) is 15.2 Å². The predicted molar refractivity (Wildman–Crippen MR) is 77.5 cm³/mol. The van der Waals surface area contributed by atoms with E-state index in [1.165, 1.54) is 11.3 Å². The number of anilines is 1. The minimum atomic E-state index is -0.922. The smallest absolute Gasteiger partial charge is 0.313 e. The Bertz CT molecular complexity index is 625. The van der Waals surface area contributed by atoms with Gasteiger partial charge in [0, 0.05) is 5.38 Å². The summed E-state index contributed by atoms with van der Waals surface area (Å²) < 4.78 is 0.507. The Morgan fingerprint density at radius 2 is 2.25 bits per heavy atom. The molecule has 0 aliphatic carbocycles. The molecule has 0 spiro atoms. The summed E-state index contributed by atoms with van der Waals surface area (Å²) in [6.07, 6.45) is 0.182. The average molecular weight is 330 g/mol. The van der Waals surface area contributed by atoms with E-state index in [9.17, 15) is 9.59 Å². The van der Waals surface area contributed by atoms with Gasteiger partial charge in [-0.3, -0.25) is 9.59 Å². The molecule has 2 rings (SSSR count). The van der Waals surface area contributed by atoms with Gasteiger partial charge in [-0.15, -0.1) is 21.5 Å². The molecule has 0 aliphatic rings. The number of thiazole rings is 1. The lowest BCUT2D eigenvalue weighted by Crippen LogP contribution is -2.14. The fraction of sp³-hybridized carbons (Fsp3) is 0.300.